The molecule has 1 amide bonds. The number of rotatable bonds is 8. The van der Waals surface area contributed by atoms with Gasteiger partial charge in [-0.25, -0.2) is 4.79 Å². The molecule has 2 fully saturated rings. The van der Waals surface area contributed by atoms with E-state index in [4.69, 9.17) is 26.4 Å². The number of carbonyl (C=O) groups is 2. The van der Waals surface area contributed by atoms with Crippen LogP contribution in [0.15, 0.2) is 23.1 Å². The van der Waals surface area contributed by atoms with E-state index in [1.807, 2.05) is 6.92 Å². The molecule has 9 heteroatoms. The number of thiocarbonyl (C=S) groups is 1. The van der Waals surface area contributed by atoms with Crippen molar-refractivity contribution in [3.63, 3.8) is 0 Å². The van der Waals surface area contributed by atoms with Gasteiger partial charge in [-0.15, -0.1) is 0 Å². The SMILES string of the molecule is CCOc1cc(/C=C2\SC(=S)N(C[C@H]3CCCO3)C2=O)ccc1OCC(=O)OC. The van der Waals surface area contributed by atoms with E-state index in [-0.39, 0.29) is 18.6 Å². The number of benzene rings is 1. The van der Waals surface area contributed by atoms with Crippen molar-refractivity contribution >= 4 is 46.3 Å². The van der Waals surface area contributed by atoms with Crippen LogP contribution in [0.25, 0.3) is 6.08 Å². The zero-order valence-electron chi connectivity index (χ0n) is 16.3. The maximum atomic E-state index is 12.8. The van der Waals surface area contributed by atoms with Gasteiger partial charge in [-0.1, -0.05) is 30.0 Å². The van der Waals surface area contributed by atoms with Gasteiger partial charge in [0.15, 0.2) is 18.1 Å². The van der Waals surface area contributed by atoms with Crippen molar-refractivity contribution in [1.82, 2.24) is 4.90 Å². The summed E-state index contributed by atoms with van der Waals surface area (Å²) in [6.45, 7) is 3.30. The van der Waals surface area contributed by atoms with Crippen LogP contribution in [0.2, 0.25) is 0 Å². The summed E-state index contributed by atoms with van der Waals surface area (Å²) in [6, 6.07) is 5.26. The van der Waals surface area contributed by atoms with Crippen molar-refractivity contribution in [3.05, 3.63) is 28.7 Å². The van der Waals surface area contributed by atoms with Gasteiger partial charge in [-0.3, -0.25) is 9.69 Å². The molecule has 0 aromatic heterocycles. The Balaban J connectivity index is 1.74. The maximum Gasteiger partial charge on any atom is 0.343 e. The lowest BCUT2D eigenvalue weighted by atomic mass is 10.1. The first-order valence-corrected chi connectivity index (χ1v) is 10.6. The van der Waals surface area contributed by atoms with E-state index in [9.17, 15) is 9.59 Å². The molecule has 0 aliphatic carbocycles. The van der Waals surface area contributed by atoms with Gasteiger partial charge in [0, 0.05) is 6.61 Å². The molecule has 7 nitrogen and oxygen atoms in total. The van der Waals surface area contributed by atoms with Crippen LogP contribution in [0.4, 0.5) is 0 Å². The highest BCUT2D eigenvalue weighted by Crippen LogP contribution is 2.35. The maximum absolute atomic E-state index is 12.8. The zero-order chi connectivity index (χ0) is 20.8. The molecule has 1 aromatic rings. The first-order valence-electron chi connectivity index (χ1n) is 9.35. The fourth-order valence-electron chi connectivity index (χ4n) is 3.00. The van der Waals surface area contributed by atoms with Gasteiger partial charge in [0.25, 0.3) is 5.91 Å². The molecule has 2 saturated heterocycles. The van der Waals surface area contributed by atoms with Crippen LogP contribution in [0.3, 0.4) is 0 Å². The van der Waals surface area contributed by atoms with Gasteiger partial charge >= 0.3 is 5.97 Å². The summed E-state index contributed by atoms with van der Waals surface area (Å²) in [6.07, 6.45) is 3.79. The molecular weight excluding hydrogens is 414 g/mol. The average Bonchev–Trinajstić information content (AvgIpc) is 3.31. The molecular formula is C20H23NO6S2. The summed E-state index contributed by atoms with van der Waals surface area (Å²) in [4.78, 5) is 26.3. The number of hydrogen-bond donors (Lipinski definition) is 0. The van der Waals surface area contributed by atoms with Crippen LogP contribution in [0.1, 0.15) is 25.3 Å². The van der Waals surface area contributed by atoms with E-state index >= 15 is 0 Å². The molecule has 0 saturated carbocycles. The van der Waals surface area contributed by atoms with Crippen LogP contribution in [-0.2, 0) is 19.1 Å². The second-order valence-electron chi connectivity index (χ2n) is 6.43. The predicted molar refractivity (Wildman–Crippen MR) is 114 cm³/mol. The Labute approximate surface area is 179 Å². The first kappa shape index (κ1) is 21.6. The number of amides is 1. The summed E-state index contributed by atoms with van der Waals surface area (Å²) in [7, 11) is 1.30. The molecule has 156 valence electrons. The normalized spacial score (nSPS) is 20.4. The quantitative estimate of drug-likeness (QED) is 0.349. The smallest absolute Gasteiger partial charge is 0.343 e. The third-order valence-electron chi connectivity index (χ3n) is 4.42. The second kappa shape index (κ2) is 10.1. The number of thioether (sulfide) groups is 1. The van der Waals surface area contributed by atoms with Crippen molar-refractivity contribution in [2.75, 3.05) is 33.5 Å². The highest BCUT2D eigenvalue weighted by molar-refractivity contribution is 8.26. The van der Waals surface area contributed by atoms with E-state index in [0.29, 0.717) is 33.9 Å². The van der Waals surface area contributed by atoms with Gasteiger partial charge in [-0.2, -0.15) is 0 Å². The molecule has 1 atom stereocenters. The number of carbonyl (C=O) groups excluding carboxylic acids is 2. The summed E-state index contributed by atoms with van der Waals surface area (Å²) >= 11 is 6.67. The van der Waals surface area contributed by atoms with E-state index in [1.165, 1.54) is 18.9 Å². The monoisotopic (exact) mass is 437 g/mol. The Hall–Kier alpha value is -2.10. The van der Waals surface area contributed by atoms with Gasteiger partial charge in [0.1, 0.15) is 4.32 Å². The molecule has 0 bridgehead atoms. The number of esters is 1. The molecule has 0 N–H and O–H groups in total. The van der Waals surface area contributed by atoms with Crippen molar-refractivity contribution < 1.29 is 28.5 Å². The van der Waals surface area contributed by atoms with Crippen LogP contribution in [-0.4, -0.2) is 60.7 Å². The highest BCUT2D eigenvalue weighted by Gasteiger charge is 2.34. The molecule has 0 unspecified atom stereocenters. The molecule has 3 rings (SSSR count). The van der Waals surface area contributed by atoms with Crippen LogP contribution < -0.4 is 9.47 Å². The fraction of sp³-hybridized carbons (Fsp3) is 0.450. The minimum atomic E-state index is -0.480. The highest BCUT2D eigenvalue weighted by atomic mass is 32.2. The number of methoxy groups -OCH3 is 1. The third-order valence-corrected chi connectivity index (χ3v) is 5.80. The topological polar surface area (TPSA) is 74.3 Å². The van der Waals surface area contributed by atoms with Crippen LogP contribution >= 0.6 is 24.0 Å². The van der Waals surface area contributed by atoms with Crippen molar-refractivity contribution in [2.24, 2.45) is 0 Å². The summed E-state index contributed by atoms with van der Waals surface area (Å²) < 4.78 is 21.8. The van der Waals surface area contributed by atoms with Gasteiger partial charge < -0.3 is 18.9 Å². The average molecular weight is 438 g/mol. The van der Waals surface area contributed by atoms with Crippen molar-refractivity contribution in [2.45, 2.75) is 25.9 Å². The van der Waals surface area contributed by atoms with Crippen molar-refractivity contribution in [1.29, 1.82) is 0 Å². The van der Waals surface area contributed by atoms with Gasteiger partial charge in [-0.05, 0) is 43.5 Å². The van der Waals surface area contributed by atoms with Crippen LogP contribution in [0, 0.1) is 0 Å². The Morgan fingerprint density at radius 3 is 2.90 bits per heavy atom. The minimum Gasteiger partial charge on any atom is -0.490 e. The largest absolute Gasteiger partial charge is 0.490 e. The number of hydrogen-bond acceptors (Lipinski definition) is 8. The first-order chi connectivity index (χ1) is 14.0. The molecule has 29 heavy (non-hydrogen) atoms. The molecule has 1 aromatic carbocycles. The Bertz CT molecular complexity index is 819. The zero-order valence-corrected chi connectivity index (χ0v) is 18.0. The molecule has 2 heterocycles. The minimum absolute atomic E-state index is 0.0487. The van der Waals surface area contributed by atoms with E-state index < -0.39 is 5.97 Å². The lowest BCUT2D eigenvalue weighted by Gasteiger charge is -2.18. The van der Waals surface area contributed by atoms with Crippen molar-refractivity contribution in [3.8, 4) is 11.5 Å². The predicted octanol–water partition coefficient (Wildman–Crippen LogP) is 3.02. The Kier molecular flexibility index (Phi) is 7.51. The third kappa shape index (κ3) is 5.49. The molecule has 2 aliphatic rings. The van der Waals surface area contributed by atoms with Crippen LogP contribution in [0.5, 0.6) is 11.5 Å². The summed E-state index contributed by atoms with van der Waals surface area (Å²) in [5.74, 6) is 0.325. The lowest BCUT2D eigenvalue weighted by Crippen LogP contribution is -2.35. The molecule has 0 radical (unpaired) electrons. The van der Waals surface area contributed by atoms with E-state index in [2.05, 4.69) is 4.74 Å². The number of ether oxygens (including phenoxy) is 4. The number of nitrogens with zero attached hydrogens (tertiary/aromatic N) is 1. The molecule has 0 spiro atoms. The van der Waals surface area contributed by atoms with Gasteiger partial charge in [0.2, 0.25) is 0 Å². The summed E-state index contributed by atoms with van der Waals surface area (Å²) in [5.41, 5.74) is 0.775. The van der Waals surface area contributed by atoms with E-state index in [0.717, 1.165) is 25.0 Å². The fourth-order valence-corrected chi connectivity index (χ4v) is 4.27. The summed E-state index contributed by atoms with van der Waals surface area (Å²) in [5, 5.41) is 0. The Morgan fingerprint density at radius 2 is 2.21 bits per heavy atom. The van der Waals surface area contributed by atoms with Gasteiger partial charge in [0.05, 0.1) is 31.3 Å². The standard InChI is InChI=1S/C20H23NO6S2/c1-3-25-16-9-13(6-7-15(16)27-12-18(22)24-2)10-17-19(23)21(20(28)29-17)11-14-5-4-8-26-14/h6-7,9-10,14H,3-5,8,11-12H2,1-2H3/b17-10-/t14-/m1/s1. The molecule has 2 aliphatic heterocycles. The Morgan fingerprint density at radius 1 is 1.38 bits per heavy atom. The van der Waals surface area contributed by atoms with E-state index in [1.54, 1.807) is 29.2 Å². The lowest BCUT2D eigenvalue weighted by molar-refractivity contribution is -0.142. The second-order valence-corrected chi connectivity index (χ2v) is 8.11.